The molecule has 0 bridgehead atoms. The monoisotopic (exact) mass is 300 g/mol. The first-order valence-corrected chi connectivity index (χ1v) is 7.15. The molecule has 1 unspecified atom stereocenters. The molecule has 8 nitrogen and oxygen atoms in total. The van der Waals surface area contributed by atoms with Gasteiger partial charge in [-0.2, -0.15) is 10.1 Å². The number of hydrogen-bond acceptors (Lipinski definition) is 7. The van der Waals surface area contributed by atoms with Gasteiger partial charge in [0, 0.05) is 25.7 Å². The van der Waals surface area contributed by atoms with E-state index in [1.165, 1.54) is 0 Å². The molecule has 1 aliphatic heterocycles. The van der Waals surface area contributed by atoms with E-state index in [1.807, 2.05) is 18.2 Å². The Bertz CT molecular complexity index is 747. The van der Waals surface area contributed by atoms with Gasteiger partial charge < -0.3 is 14.3 Å². The molecular formula is C14H16N6O2. The summed E-state index contributed by atoms with van der Waals surface area (Å²) < 4.78 is 10.7. The van der Waals surface area contributed by atoms with Crippen LogP contribution in [0.2, 0.25) is 0 Å². The van der Waals surface area contributed by atoms with Gasteiger partial charge in [-0.05, 0) is 19.2 Å². The maximum Gasteiger partial charge on any atom is 0.276 e. The van der Waals surface area contributed by atoms with Crippen molar-refractivity contribution in [1.29, 1.82) is 0 Å². The molecule has 0 aliphatic carbocycles. The molecule has 2 N–H and O–H groups in total. The molecule has 1 saturated heterocycles. The minimum Gasteiger partial charge on any atom is -0.463 e. The summed E-state index contributed by atoms with van der Waals surface area (Å²) in [5.74, 6) is 1.80. The van der Waals surface area contributed by atoms with Crippen molar-refractivity contribution in [2.75, 3.05) is 26.7 Å². The fourth-order valence-corrected chi connectivity index (χ4v) is 2.56. The first kappa shape index (κ1) is 13.2. The zero-order chi connectivity index (χ0) is 14.9. The van der Waals surface area contributed by atoms with Crippen molar-refractivity contribution >= 4 is 0 Å². The highest BCUT2D eigenvalue weighted by Crippen LogP contribution is 2.25. The smallest absolute Gasteiger partial charge is 0.276 e. The first-order chi connectivity index (χ1) is 10.8. The second kappa shape index (κ2) is 5.39. The van der Waals surface area contributed by atoms with E-state index in [-0.39, 0.29) is 6.04 Å². The number of H-pyrrole nitrogens is 1. The maximum absolute atomic E-state index is 5.37. The molecule has 1 aliphatic rings. The van der Waals surface area contributed by atoms with Crippen molar-refractivity contribution in [2.24, 2.45) is 0 Å². The molecule has 0 radical (unpaired) electrons. The average molecular weight is 300 g/mol. The summed E-state index contributed by atoms with van der Waals surface area (Å²) >= 11 is 0. The Balaban J connectivity index is 1.59. The standard InChI is InChI=1S/C14H16N6O2/c1-20-5-4-15-8-11(20)13-16-14(22-19-13)10-7-9(17-18-10)12-3-2-6-21-12/h2-3,6-7,11,15H,4-5,8H2,1H3,(H,17,18). The quantitative estimate of drug-likeness (QED) is 0.752. The molecule has 0 spiro atoms. The fraction of sp³-hybridized carbons (Fsp3) is 0.357. The number of aromatic amines is 1. The number of rotatable bonds is 3. The first-order valence-electron chi connectivity index (χ1n) is 7.15. The Morgan fingerprint density at radius 1 is 1.41 bits per heavy atom. The number of furan rings is 1. The lowest BCUT2D eigenvalue weighted by molar-refractivity contribution is 0.190. The molecule has 0 amide bonds. The number of hydrogen-bond donors (Lipinski definition) is 2. The summed E-state index contributed by atoms with van der Waals surface area (Å²) in [6, 6.07) is 5.63. The van der Waals surface area contributed by atoms with Gasteiger partial charge in [-0.1, -0.05) is 5.16 Å². The van der Waals surface area contributed by atoms with Crippen LogP contribution < -0.4 is 5.32 Å². The number of likely N-dealkylation sites (N-methyl/N-ethyl adjacent to an activating group) is 1. The molecule has 3 aromatic heterocycles. The summed E-state index contributed by atoms with van der Waals surface area (Å²) in [5.41, 5.74) is 1.38. The molecular weight excluding hydrogens is 284 g/mol. The summed E-state index contributed by atoms with van der Waals surface area (Å²) in [4.78, 5) is 6.70. The second-order valence-corrected chi connectivity index (χ2v) is 5.30. The molecule has 1 fully saturated rings. The third-order valence-electron chi connectivity index (χ3n) is 3.83. The van der Waals surface area contributed by atoms with Crippen LogP contribution in [-0.4, -0.2) is 51.9 Å². The highest BCUT2D eigenvalue weighted by molar-refractivity contribution is 5.59. The van der Waals surface area contributed by atoms with E-state index in [1.54, 1.807) is 6.26 Å². The summed E-state index contributed by atoms with van der Waals surface area (Å²) in [6.07, 6.45) is 1.61. The topological polar surface area (TPSA) is 96.0 Å². The number of aromatic nitrogens is 4. The molecule has 0 aromatic carbocycles. The highest BCUT2D eigenvalue weighted by Gasteiger charge is 2.26. The predicted octanol–water partition coefficient (Wildman–Crippen LogP) is 1.30. The van der Waals surface area contributed by atoms with Crippen LogP contribution in [0.4, 0.5) is 0 Å². The minimum atomic E-state index is 0.124. The molecule has 1 atom stereocenters. The maximum atomic E-state index is 5.37. The number of nitrogens with zero attached hydrogens (tertiary/aromatic N) is 4. The van der Waals surface area contributed by atoms with Gasteiger partial charge in [0.25, 0.3) is 5.89 Å². The van der Waals surface area contributed by atoms with Crippen molar-refractivity contribution in [2.45, 2.75) is 6.04 Å². The zero-order valence-corrected chi connectivity index (χ0v) is 12.1. The van der Waals surface area contributed by atoms with Gasteiger partial charge in [-0.25, -0.2) is 0 Å². The molecule has 114 valence electrons. The van der Waals surface area contributed by atoms with Crippen LogP contribution in [0.3, 0.4) is 0 Å². The van der Waals surface area contributed by atoms with E-state index < -0.39 is 0 Å². The van der Waals surface area contributed by atoms with E-state index in [0.29, 0.717) is 28.9 Å². The van der Waals surface area contributed by atoms with Crippen molar-refractivity contribution in [3.8, 4) is 23.0 Å². The Hall–Kier alpha value is -2.45. The van der Waals surface area contributed by atoms with Crippen LogP contribution in [0.25, 0.3) is 23.0 Å². The molecule has 4 rings (SSSR count). The van der Waals surface area contributed by atoms with Crippen LogP contribution in [0, 0.1) is 0 Å². The molecule has 4 heterocycles. The Labute approximate surface area is 126 Å². The van der Waals surface area contributed by atoms with Crippen LogP contribution in [-0.2, 0) is 0 Å². The summed E-state index contributed by atoms with van der Waals surface area (Å²) in [6.45, 7) is 2.75. The Morgan fingerprint density at radius 2 is 2.36 bits per heavy atom. The normalized spacial score (nSPS) is 19.6. The van der Waals surface area contributed by atoms with Gasteiger partial charge in [0.15, 0.2) is 11.6 Å². The lowest BCUT2D eigenvalue weighted by Gasteiger charge is -2.30. The molecule has 3 aromatic rings. The van der Waals surface area contributed by atoms with E-state index in [2.05, 4.69) is 37.6 Å². The van der Waals surface area contributed by atoms with Gasteiger partial charge in [0.1, 0.15) is 11.4 Å². The van der Waals surface area contributed by atoms with Gasteiger partial charge in [-0.15, -0.1) is 0 Å². The van der Waals surface area contributed by atoms with Gasteiger partial charge >= 0.3 is 0 Å². The van der Waals surface area contributed by atoms with Crippen LogP contribution in [0.15, 0.2) is 33.4 Å². The van der Waals surface area contributed by atoms with Gasteiger partial charge in [0.05, 0.1) is 12.3 Å². The van der Waals surface area contributed by atoms with Gasteiger partial charge in [-0.3, -0.25) is 10.00 Å². The van der Waals surface area contributed by atoms with Crippen LogP contribution >= 0.6 is 0 Å². The zero-order valence-electron chi connectivity index (χ0n) is 12.1. The minimum absolute atomic E-state index is 0.124. The van der Waals surface area contributed by atoms with Crippen molar-refractivity contribution in [1.82, 2.24) is 30.6 Å². The number of nitrogens with one attached hydrogen (secondary N) is 2. The SMILES string of the molecule is CN1CCNCC1c1noc(-c2cc(-c3ccco3)n[nH]2)n1. The Morgan fingerprint density at radius 3 is 3.18 bits per heavy atom. The Kier molecular flexibility index (Phi) is 3.24. The molecule has 22 heavy (non-hydrogen) atoms. The van der Waals surface area contributed by atoms with E-state index in [4.69, 9.17) is 8.94 Å². The fourth-order valence-electron chi connectivity index (χ4n) is 2.56. The highest BCUT2D eigenvalue weighted by atomic mass is 16.5. The van der Waals surface area contributed by atoms with Crippen LogP contribution in [0.5, 0.6) is 0 Å². The van der Waals surface area contributed by atoms with Crippen LogP contribution in [0.1, 0.15) is 11.9 Å². The van der Waals surface area contributed by atoms with E-state index in [9.17, 15) is 0 Å². The summed E-state index contributed by atoms with van der Waals surface area (Å²) in [5, 5.41) is 14.5. The molecule has 8 heteroatoms. The molecule has 0 saturated carbocycles. The van der Waals surface area contributed by atoms with Crippen molar-refractivity contribution in [3.05, 3.63) is 30.3 Å². The third kappa shape index (κ3) is 2.32. The number of piperazine rings is 1. The van der Waals surface area contributed by atoms with E-state index in [0.717, 1.165) is 19.6 Å². The second-order valence-electron chi connectivity index (χ2n) is 5.30. The van der Waals surface area contributed by atoms with Gasteiger partial charge in [0.2, 0.25) is 0 Å². The van der Waals surface area contributed by atoms with Crippen molar-refractivity contribution in [3.63, 3.8) is 0 Å². The largest absolute Gasteiger partial charge is 0.463 e. The third-order valence-corrected chi connectivity index (χ3v) is 3.83. The summed E-state index contributed by atoms with van der Waals surface area (Å²) in [7, 11) is 2.06. The predicted molar refractivity (Wildman–Crippen MR) is 77.8 cm³/mol. The van der Waals surface area contributed by atoms with Crippen molar-refractivity contribution < 1.29 is 8.94 Å². The van der Waals surface area contributed by atoms with E-state index >= 15 is 0 Å². The average Bonchev–Trinajstić information content (AvgIpc) is 3.27. The lowest BCUT2D eigenvalue weighted by Crippen LogP contribution is -2.44. The lowest BCUT2D eigenvalue weighted by atomic mass is 10.2.